The second-order valence-electron chi connectivity index (χ2n) is 7.09. The molecule has 25 heavy (non-hydrogen) atoms. The first-order valence-corrected chi connectivity index (χ1v) is 8.82. The monoisotopic (exact) mass is 348 g/mol. The Balaban J connectivity index is 1.65. The highest BCUT2D eigenvalue weighted by Crippen LogP contribution is 2.44. The third-order valence-electron chi connectivity index (χ3n) is 5.90. The Morgan fingerprint density at radius 3 is 3.08 bits per heavy atom. The number of pyridine rings is 1. The molecule has 3 fully saturated rings. The van der Waals surface area contributed by atoms with Crippen molar-refractivity contribution in [2.75, 3.05) is 40.1 Å². The van der Waals surface area contributed by atoms with Crippen LogP contribution in [0.5, 0.6) is 5.88 Å². The van der Waals surface area contributed by atoms with Crippen LogP contribution in [0.2, 0.25) is 0 Å². The number of rotatable bonds is 2. The summed E-state index contributed by atoms with van der Waals surface area (Å²) < 4.78 is 16.4. The van der Waals surface area contributed by atoms with Gasteiger partial charge in [0.15, 0.2) is 0 Å². The average Bonchev–Trinajstić information content (AvgIpc) is 2.67. The van der Waals surface area contributed by atoms with E-state index in [4.69, 9.17) is 14.2 Å². The fraction of sp³-hybridized carbons (Fsp3) is 0.667. The highest BCUT2D eigenvalue weighted by molar-refractivity contribution is 5.94. The molecule has 1 aromatic heterocycles. The molecule has 0 aromatic carbocycles. The predicted octanol–water partition coefficient (Wildman–Crippen LogP) is 0.719. The van der Waals surface area contributed by atoms with Gasteiger partial charge < -0.3 is 24.2 Å². The predicted molar refractivity (Wildman–Crippen MR) is 88.4 cm³/mol. The van der Waals surface area contributed by atoms with Crippen LogP contribution < -0.4 is 4.74 Å². The van der Waals surface area contributed by atoms with E-state index in [-0.39, 0.29) is 23.8 Å². The molecule has 4 atom stereocenters. The van der Waals surface area contributed by atoms with Crippen molar-refractivity contribution in [1.82, 2.24) is 9.88 Å². The second kappa shape index (κ2) is 6.55. The maximum atomic E-state index is 13.2. The van der Waals surface area contributed by atoms with E-state index in [1.807, 2.05) is 4.90 Å². The van der Waals surface area contributed by atoms with Crippen molar-refractivity contribution in [3.05, 3.63) is 23.9 Å². The van der Waals surface area contributed by atoms with Gasteiger partial charge in [0.1, 0.15) is 0 Å². The summed E-state index contributed by atoms with van der Waals surface area (Å²) in [6.45, 7) is 2.64. The fourth-order valence-electron chi connectivity index (χ4n) is 4.51. The van der Waals surface area contributed by atoms with Crippen LogP contribution >= 0.6 is 0 Å². The van der Waals surface area contributed by atoms with Crippen LogP contribution in [0.15, 0.2) is 18.3 Å². The lowest BCUT2D eigenvalue weighted by Crippen LogP contribution is -2.68. The minimum atomic E-state index is -0.809. The lowest BCUT2D eigenvalue weighted by molar-refractivity contribution is -0.212. The van der Waals surface area contributed by atoms with Gasteiger partial charge in [-0.25, -0.2) is 4.98 Å². The molecule has 1 N–H and O–H groups in total. The first kappa shape index (κ1) is 16.8. The molecule has 1 amide bonds. The number of hydrogen-bond acceptors (Lipinski definition) is 6. The maximum Gasteiger partial charge on any atom is 0.254 e. The minimum Gasteiger partial charge on any atom is -0.481 e. The van der Waals surface area contributed by atoms with Gasteiger partial charge in [-0.2, -0.15) is 0 Å². The third kappa shape index (κ3) is 2.80. The van der Waals surface area contributed by atoms with Crippen LogP contribution in [0.3, 0.4) is 0 Å². The summed E-state index contributed by atoms with van der Waals surface area (Å²) in [6.07, 6.45) is 2.93. The number of methoxy groups -OCH3 is 1. The molecule has 136 valence electrons. The maximum absolute atomic E-state index is 13.2. The Morgan fingerprint density at radius 1 is 1.40 bits per heavy atom. The van der Waals surface area contributed by atoms with Gasteiger partial charge in [0, 0.05) is 61.9 Å². The van der Waals surface area contributed by atoms with Crippen molar-refractivity contribution in [2.24, 2.45) is 11.8 Å². The second-order valence-corrected chi connectivity index (χ2v) is 7.09. The van der Waals surface area contributed by atoms with Crippen molar-refractivity contribution >= 4 is 5.91 Å². The molecule has 7 heteroatoms. The van der Waals surface area contributed by atoms with E-state index in [9.17, 15) is 9.90 Å². The molecule has 3 aliphatic heterocycles. The Kier molecular flexibility index (Phi) is 4.39. The van der Waals surface area contributed by atoms with E-state index < -0.39 is 5.60 Å². The molecular formula is C18H24N2O5. The van der Waals surface area contributed by atoms with E-state index >= 15 is 0 Å². The SMILES string of the molecule is COc1cc(C(=O)N2C[C@H]3COCC[C@@]3(O)[C@@H]3COCC[C@@H]32)ccn1. The largest absolute Gasteiger partial charge is 0.481 e. The molecule has 3 saturated heterocycles. The Bertz CT molecular complexity index is 654. The van der Waals surface area contributed by atoms with Crippen molar-refractivity contribution in [2.45, 2.75) is 24.5 Å². The molecule has 0 bridgehead atoms. The van der Waals surface area contributed by atoms with Gasteiger partial charge in [-0.05, 0) is 12.5 Å². The lowest BCUT2D eigenvalue weighted by Gasteiger charge is -2.57. The van der Waals surface area contributed by atoms with E-state index in [2.05, 4.69) is 4.98 Å². The van der Waals surface area contributed by atoms with Crippen LogP contribution in [0.4, 0.5) is 0 Å². The Morgan fingerprint density at radius 2 is 2.24 bits per heavy atom. The number of aliphatic hydroxyl groups is 1. The number of amides is 1. The molecule has 0 radical (unpaired) electrons. The summed E-state index contributed by atoms with van der Waals surface area (Å²) in [6, 6.07) is 3.35. The number of ether oxygens (including phenoxy) is 3. The molecule has 1 aromatic rings. The van der Waals surface area contributed by atoms with Crippen LogP contribution in [0.25, 0.3) is 0 Å². The van der Waals surface area contributed by atoms with Crippen LogP contribution in [-0.4, -0.2) is 72.6 Å². The molecule has 0 saturated carbocycles. The van der Waals surface area contributed by atoms with Crippen molar-refractivity contribution in [3.8, 4) is 5.88 Å². The number of nitrogens with zero attached hydrogens (tertiary/aromatic N) is 2. The smallest absolute Gasteiger partial charge is 0.254 e. The first-order chi connectivity index (χ1) is 12.1. The quantitative estimate of drug-likeness (QED) is 0.848. The first-order valence-electron chi connectivity index (χ1n) is 8.82. The van der Waals surface area contributed by atoms with Gasteiger partial charge in [-0.15, -0.1) is 0 Å². The third-order valence-corrected chi connectivity index (χ3v) is 5.90. The molecule has 7 nitrogen and oxygen atoms in total. The summed E-state index contributed by atoms with van der Waals surface area (Å²) in [5, 5.41) is 11.3. The number of carbonyl (C=O) groups excluding carboxylic acids is 1. The van der Waals surface area contributed by atoms with Gasteiger partial charge in [0.25, 0.3) is 5.91 Å². The summed E-state index contributed by atoms with van der Waals surface area (Å²) in [5.41, 5.74) is -0.255. The summed E-state index contributed by atoms with van der Waals surface area (Å²) in [5.74, 6) is 0.211. The zero-order valence-corrected chi connectivity index (χ0v) is 14.4. The Hall–Kier alpha value is -1.70. The molecule has 0 spiro atoms. The zero-order chi connectivity index (χ0) is 17.4. The number of carbonyl (C=O) groups is 1. The topological polar surface area (TPSA) is 81.1 Å². The number of likely N-dealkylation sites (tertiary alicyclic amines) is 1. The van der Waals surface area contributed by atoms with Crippen molar-refractivity contribution in [3.63, 3.8) is 0 Å². The highest BCUT2D eigenvalue weighted by atomic mass is 16.5. The van der Waals surface area contributed by atoms with Gasteiger partial charge in [-0.1, -0.05) is 0 Å². The van der Waals surface area contributed by atoms with Gasteiger partial charge >= 0.3 is 0 Å². The van der Waals surface area contributed by atoms with Gasteiger partial charge in [0.05, 0.1) is 25.9 Å². The number of piperidine rings is 1. The fourth-order valence-corrected chi connectivity index (χ4v) is 4.51. The molecule has 0 aliphatic carbocycles. The van der Waals surface area contributed by atoms with E-state index in [0.717, 1.165) is 6.42 Å². The molecule has 4 rings (SSSR count). The summed E-state index contributed by atoms with van der Waals surface area (Å²) in [7, 11) is 1.53. The number of aromatic nitrogens is 1. The zero-order valence-electron chi connectivity index (χ0n) is 14.4. The van der Waals surface area contributed by atoms with E-state index in [1.54, 1.807) is 18.3 Å². The Labute approximate surface area is 146 Å². The standard InChI is InChI=1S/C18H24N2O5/c1-23-16-8-12(2-5-19-16)17(21)20-9-13-10-25-7-4-18(13,22)14-11-24-6-3-15(14)20/h2,5,8,13-15,22H,3-4,6-7,9-11H2,1H3/t13-,14+,15-,18-/m0/s1. The summed E-state index contributed by atoms with van der Waals surface area (Å²) in [4.78, 5) is 19.2. The highest BCUT2D eigenvalue weighted by Gasteiger charge is 2.56. The summed E-state index contributed by atoms with van der Waals surface area (Å²) >= 11 is 0. The average molecular weight is 348 g/mol. The van der Waals surface area contributed by atoms with Crippen molar-refractivity contribution in [1.29, 1.82) is 0 Å². The number of hydrogen-bond donors (Lipinski definition) is 1. The normalized spacial score (nSPS) is 34.8. The van der Waals surface area contributed by atoms with Gasteiger partial charge in [0.2, 0.25) is 5.88 Å². The molecule has 4 heterocycles. The van der Waals surface area contributed by atoms with Crippen LogP contribution in [0.1, 0.15) is 23.2 Å². The van der Waals surface area contributed by atoms with Gasteiger partial charge in [-0.3, -0.25) is 4.79 Å². The van der Waals surface area contributed by atoms with Crippen LogP contribution in [0, 0.1) is 11.8 Å². The number of fused-ring (bicyclic) bond motifs is 3. The minimum absolute atomic E-state index is 0.0141. The van der Waals surface area contributed by atoms with Crippen molar-refractivity contribution < 1.29 is 24.1 Å². The lowest BCUT2D eigenvalue weighted by atomic mass is 9.66. The van der Waals surface area contributed by atoms with E-state index in [1.165, 1.54) is 7.11 Å². The molecule has 0 unspecified atom stereocenters. The molecular weight excluding hydrogens is 324 g/mol. The van der Waals surface area contributed by atoms with Crippen LogP contribution in [-0.2, 0) is 9.47 Å². The molecule has 3 aliphatic rings. The van der Waals surface area contributed by atoms with E-state index in [0.29, 0.717) is 50.8 Å².